The summed E-state index contributed by atoms with van der Waals surface area (Å²) in [5.41, 5.74) is 3.86. The van der Waals surface area contributed by atoms with Crippen molar-refractivity contribution >= 4 is 6.08 Å². The summed E-state index contributed by atoms with van der Waals surface area (Å²) in [7, 11) is 0. The van der Waals surface area contributed by atoms with Gasteiger partial charge < -0.3 is 10.2 Å². The number of benzene rings is 1. The Labute approximate surface area is 83.8 Å². The molecular weight excluding hydrogens is 176 g/mol. The number of phenols is 2. The molecule has 1 aromatic rings. The Morgan fingerprint density at radius 2 is 1.79 bits per heavy atom. The summed E-state index contributed by atoms with van der Waals surface area (Å²) in [5, 5.41) is 19.3. The van der Waals surface area contributed by atoms with Gasteiger partial charge in [0.25, 0.3) is 0 Å². The first kappa shape index (κ1) is 10.4. The van der Waals surface area contributed by atoms with Crippen LogP contribution in [0.1, 0.15) is 30.9 Å². The van der Waals surface area contributed by atoms with Crippen LogP contribution in [0.25, 0.3) is 6.08 Å². The van der Waals surface area contributed by atoms with Gasteiger partial charge in [-0.15, -0.1) is 5.73 Å². The fraction of sp³-hybridized carbons (Fsp3) is 0.250. The molecule has 0 atom stereocenters. The van der Waals surface area contributed by atoms with Crippen LogP contribution in [0.3, 0.4) is 0 Å². The van der Waals surface area contributed by atoms with Gasteiger partial charge in [0.1, 0.15) is 11.5 Å². The maximum Gasteiger partial charge on any atom is 0.123 e. The molecule has 0 aromatic heterocycles. The number of phenolic OH excluding ortho intramolecular Hbond substituents is 2. The first-order valence-electron chi connectivity index (χ1n) is 4.48. The van der Waals surface area contributed by atoms with Crippen LogP contribution in [-0.4, -0.2) is 10.2 Å². The van der Waals surface area contributed by atoms with Crippen LogP contribution in [0.5, 0.6) is 11.5 Å². The third-order valence-corrected chi connectivity index (χ3v) is 2.00. The van der Waals surface area contributed by atoms with Gasteiger partial charge in [0.05, 0.1) is 0 Å². The van der Waals surface area contributed by atoms with Gasteiger partial charge in [0.15, 0.2) is 0 Å². The largest absolute Gasteiger partial charge is 0.507 e. The van der Waals surface area contributed by atoms with Crippen LogP contribution < -0.4 is 0 Å². The van der Waals surface area contributed by atoms with E-state index in [1.807, 2.05) is 13.8 Å². The van der Waals surface area contributed by atoms with E-state index in [9.17, 15) is 10.2 Å². The van der Waals surface area contributed by atoms with Gasteiger partial charge in [-0.25, -0.2) is 0 Å². The molecule has 0 fully saturated rings. The average Bonchev–Trinajstić information content (AvgIpc) is 2.01. The molecule has 2 heteroatoms. The minimum atomic E-state index is 0.0942. The first-order valence-corrected chi connectivity index (χ1v) is 4.48. The standard InChI is InChI=1S/C12H14O2/c1-4-5-9-6-10(13)12(8(2)3)11(14)7-9/h5-8,13-14H,1H2,2-3H3. The van der Waals surface area contributed by atoms with Crippen LogP contribution in [0.2, 0.25) is 0 Å². The zero-order valence-electron chi connectivity index (χ0n) is 8.41. The SMILES string of the molecule is C=C=Cc1cc(O)c(C(C)C)c(O)c1. The van der Waals surface area contributed by atoms with E-state index in [2.05, 4.69) is 12.3 Å². The number of hydrogen-bond donors (Lipinski definition) is 2. The van der Waals surface area contributed by atoms with Gasteiger partial charge in [0, 0.05) is 5.56 Å². The molecule has 1 aromatic carbocycles. The molecule has 0 unspecified atom stereocenters. The first-order chi connectivity index (χ1) is 6.56. The van der Waals surface area contributed by atoms with Gasteiger partial charge in [-0.05, 0) is 29.7 Å². The van der Waals surface area contributed by atoms with E-state index in [4.69, 9.17) is 0 Å². The van der Waals surface area contributed by atoms with Crippen molar-refractivity contribution in [3.8, 4) is 11.5 Å². The normalized spacial score (nSPS) is 9.93. The van der Waals surface area contributed by atoms with Crippen molar-refractivity contribution in [2.45, 2.75) is 19.8 Å². The quantitative estimate of drug-likeness (QED) is 0.704. The average molecular weight is 190 g/mol. The molecule has 0 radical (unpaired) electrons. The van der Waals surface area contributed by atoms with E-state index < -0.39 is 0 Å². The predicted octanol–water partition coefficient (Wildman–Crippen LogP) is 3.02. The Kier molecular flexibility index (Phi) is 3.00. The zero-order valence-corrected chi connectivity index (χ0v) is 8.41. The molecule has 0 saturated heterocycles. The second-order valence-electron chi connectivity index (χ2n) is 3.48. The molecule has 0 aliphatic carbocycles. The maximum absolute atomic E-state index is 9.64. The number of aromatic hydroxyl groups is 2. The smallest absolute Gasteiger partial charge is 0.123 e. The number of rotatable bonds is 2. The van der Waals surface area contributed by atoms with Gasteiger partial charge in [-0.3, -0.25) is 0 Å². The van der Waals surface area contributed by atoms with Gasteiger partial charge >= 0.3 is 0 Å². The Balaban J connectivity index is 3.31. The van der Waals surface area contributed by atoms with Crippen molar-refractivity contribution in [1.82, 2.24) is 0 Å². The molecule has 0 amide bonds. The Bertz CT molecular complexity index is 362. The zero-order chi connectivity index (χ0) is 10.7. The van der Waals surface area contributed by atoms with Crippen molar-refractivity contribution in [3.63, 3.8) is 0 Å². The summed E-state index contributed by atoms with van der Waals surface area (Å²) in [4.78, 5) is 0. The summed E-state index contributed by atoms with van der Waals surface area (Å²) in [5.74, 6) is 0.319. The van der Waals surface area contributed by atoms with Gasteiger partial charge in [-0.1, -0.05) is 20.4 Å². The topological polar surface area (TPSA) is 40.5 Å². The monoisotopic (exact) mass is 190 g/mol. The van der Waals surface area contributed by atoms with Crippen molar-refractivity contribution < 1.29 is 10.2 Å². The van der Waals surface area contributed by atoms with E-state index in [1.54, 1.807) is 18.2 Å². The molecule has 0 spiro atoms. The lowest BCUT2D eigenvalue weighted by atomic mass is 9.99. The highest BCUT2D eigenvalue weighted by Gasteiger charge is 2.11. The predicted molar refractivity (Wildman–Crippen MR) is 57.5 cm³/mol. The second-order valence-corrected chi connectivity index (χ2v) is 3.48. The molecule has 2 nitrogen and oxygen atoms in total. The molecule has 0 aliphatic rings. The van der Waals surface area contributed by atoms with Crippen molar-refractivity contribution in [2.24, 2.45) is 0 Å². The third-order valence-electron chi connectivity index (χ3n) is 2.00. The highest BCUT2D eigenvalue weighted by Crippen LogP contribution is 2.35. The van der Waals surface area contributed by atoms with Crippen LogP contribution >= 0.6 is 0 Å². The molecule has 74 valence electrons. The number of hydrogen-bond acceptors (Lipinski definition) is 2. The Morgan fingerprint density at radius 3 is 2.14 bits per heavy atom. The highest BCUT2D eigenvalue weighted by atomic mass is 16.3. The van der Waals surface area contributed by atoms with Crippen molar-refractivity contribution in [3.05, 3.63) is 35.6 Å². The van der Waals surface area contributed by atoms with E-state index in [1.165, 1.54) is 0 Å². The maximum atomic E-state index is 9.64. The molecule has 0 aliphatic heterocycles. The van der Waals surface area contributed by atoms with E-state index in [-0.39, 0.29) is 17.4 Å². The second kappa shape index (κ2) is 4.03. The highest BCUT2D eigenvalue weighted by molar-refractivity contribution is 5.58. The third kappa shape index (κ3) is 1.98. The molecule has 0 saturated carbocycles. The van der Waals surface area contributed by atoms with E-state index in [0.717, 1.165) is 0 Å². The van der Waals surface area contributed by atoms with Gasteiger partial charge in [0.2, 0.25) is 0 Å². The van der Waals surface area contributed by atoms with E-state index in [0.29, 0.717) is 11.1 Å². The summed E-state index contributed by atoms with van der Waals surface area (Å²) < 4.78 is 0. The van der Waals surface area contributed by atoms with Crippen molar-refractivity contribution in [1.29, 1.82) is 0 Å². The van der Waals surface area contributed by atoms with Gasteiger partial charge in [-0.2, -0.15) is 0 Å². The lowest BCUT2D eigenvalue weighted by Gasteiger charge is -2.11. The summed E-state index contributed by atoms with van der Waals surface area (Å²) in [6.07, 6.45) is 1.60. The minimum absolute atomic E-state index is 0.0942. The summed E-state index contributed by atoms with van der Waals surface area (Å²) in [6, 6.07) is 3.18. The fourth-order valence-corrected chi connectivity index (χ4v) is 1.44. The fourth-order valence-electron chi connectivity index (χ4n) is 1.44. The Hall–Kier alpha value is -1.66. The molecule has 0 heterocycles. The summed E-state index contributed by atoms with van der Waals surface area (Å²) >= 11 is 0. The van der Waals surface area contributed by atoms with Crippen molar-refractivity contribution in [2.75, 3.05) is 0 Å². The lowest BCUT2D eigenvalue weighted by molar-refractivity contribution is 0.433. The van der Waals surface area contributed by atoms with Crippen LogP contribution in [0.15, 0.2) is 24.4 Å². The molecular formula is C12H14O2. The van der Waals surface area contributed by atoms with Crippen LogP contribution in [-0.2, 0) is 0 Å². The van der Waals surface area contributed by atoms with E-state index >= 15 is 0 Å². The molecule has 14 heavy (non-hydrogen) atoms. The van der Waals surface area contributed by atoms with Crippen LogP contribution in [0.4, 0.5) is 0 Å². The van der Waals surface area contributed by atoms with Crippen LogP contribution in [0, 0.1) is 0 Å². The minimum Gasteiger partial charge on any atom is -0.507 e. The lowest BCUT2D eigenvalue weighted by Crippen LogP contribution is -1.90. The molecule has 1 rings (SSSR count). The molecule has 2 N–H and O–H groups in total. The summed E-state index contributed by atoms with van der Waals surface area (Å²) in [6.45, 7) is 7.26. The molecule has 0 bridgehead atoms. The Morgan fingerprint density at radius 1 is 1.29 bits per heavy atom.